The van der Waals surface area contributed by atoms with Crippen molar-refractivity contribution in [3.05, 3.63) is 28.8 Å². The molecule has 1 heterocycles. The minimum Gasteiger partial charge on any atom is -0.493 e. The second kappa shape index (κ2) is 7.14. The first-order chi connectivity index (χ1) is 10.0. The van der Waals surface area contributed by atoms with Gasteiger partial charge in [-0.3, -0.25) is 4.79 Å². The van der Waals surface area contributed by atoms with E-state index in [2.05, 4.69) is 0 Å². The molecule has 1 fully saturated rings. The van der Waals surface area contributed by atoms with Crippen molar-refractivity contribution in [2.24, 2.45) is 5.92 Å². The van der Waals surface area contributed by atoms with Crippen LogP contribution in [0.3, 0.4) is 0 Å². The Morgan fingerprint density at radius 1 is 1.57 bits per heavy atom. The number of piperidine rings is 1. The van der Waals surface area contributed by atoms with Gasteiger partial charge >= 0.3 is 0 Å². The monoisotopic (exact) mass is 311 g/mol. The fourth-order valence-electron chi connectivity index (χ4n) is 2.71. The van der Waals surface area contributed by atoms with Crippen LogP contribution < -0.4 is 4.74 Å². The number of carbonyl (C=O) groups excluding carboxylic acids is 1. The van der Waals surface area contributed by atoms with Gasteiger partial charge < -0.3 is 14.7 Å². The molecule has 0 saturated carbocycles. The lowest BCUT2D eigenvalue weighted by atomic mass is 9.93. The molecular weight excluding hydrogens is 290 g/mol. The van der Waals surface area contributed by atoms with Gasteiger partial charge in [-0.05, 0) is 44.9 Å². The molecular formula is C16H22ClNO3. The van der Waals surface area contributed by atoms with Crippen molar-refractivity contribution in [2.75, 3.05) is 19.7 Å². The van der Waals surface area contributed by atoms with E-state index < -0.39 is 6.10 Å². The summed E-state index contributed by atoms with van der Waals surface area (Å²) in [5, 5.41) is 10.3. The normalized spacial score (nSPS) is 20.2. The number of hydrogen-bond donors (Lipinski definition) is 1. The van der Waals surface area contributed by atoms with Crippen LogP contribution in [0.4, 0.5) is 0 Å². The Hall–Kier alpha value is -1.26. The summed E-state index contributed by atoms with van der Waals surface area (Å²) in [4.78, 5) is 14.5. The molecule has 0 spiro atoms. The first kappa shape index (κ1) is 16.1. The molecule has 4 nitrogen and oxygen atoms in total. The van der Waals surface area contributed by atoms with Gasteiger partial charge in [-0.1, -0.05) is 11.6 Å². The standard InChI is InChI=1S/C16H22ClNO3/c1-3-21-15-9-13(17)6-7-14(15)16(20)18-8-4-5-12(10-18)11(2)19/h6-7,9,11-12,19H,3-5,8,10H2,1-2H3. The Morgan fingerprint density at radius 3 is 3.00 bits per heavy atom. The molecule has 1 aromatic rings. The first-order valence-electron chi connectivity index (χ1n) is 7.42. The van der Waals surface area contributed by atoms with Crippen molar-refractivity contribution >= 4 is 17.5 Å². The summed E-state index contributed by atoms with van der Waals surface area (Å²) in [7, 11) is 0. The zero-order valence-corrected chi connectivity index (χ0v) is 13.3. The molecule has 2 atom stereocenters. The van der Waals surface area contributed by atoms with Crippen LogP contribution in [0.15, 0.2) is 18.2 Å². The predicted octanol–water partition coefficient (Wildman–Crippen LogP) is 2.97. The van der Waals surface area contributed by atoms with E-state index in [0.717, 1.165) is 19.4 Å². The number of aliphatic hydroxyl groups excluding tert-OH is 1. The molecule has 2 unspecified atom stereocenters. The minimum absolute atomic E-state index is 0.0551. The van der Waals surface area contributed by atoms with E-state index in [1.807, 2.05) is 6.92 Å². The number of carbonyl (C=O) groups is 1. The maximum atomic E-state index is 12.7. The highest BCUT2D eigenvalue weighted by molar-refractivity contribution is 6.30. The van der Waals surface area contributed by atoms with Crippen molar-refractivity contribution in [1.82, 2.24) is 4.90 Å². The average molecular weight is 312 g/mol. The van der Waals surface area contributed by atoms with Crippen LogP contribution in [0.1, 0.15) is 37.0 Å². The van der Waals surface area contributed by atoms with Crippen molar-refractivity contribution in [1.29, 1.82) is 0 Å². The number of hydrogen-bond acceptors (Lipinski definition) is 3. The number of rotatable bonds is 4. The predicted molar refractivity (Wildman–Crippen MR) is 82.9 cm³/mol. The van der Waals surface area contributed by atoms with Gasteiger partial charge in [-0.25, -0.2) is 0 Å². The maximum Gasteiger partial charge on any atom is 0.257 e. The van der Waals surface area contributed by atoms with E-state index in [4.69, 9.17) is 16.3 Å². The second-order valence-electron chi connectivity index (χ2n) is 5.47. The van der Waals surface area contributed by atoms with Crippen molar-refractivity contribution in [3.8, 4) is 5.75 Å². The van der Waals surface area contributed by atoms with Crippen LogP contribution in [-0.4, -0.2) is 41.7 Å². The van der Waals surface area contributed by atoms with E-state index in [0.29, 0.717) is 29.5 Å². The SMILES string of the molecule is CCOc1cc(Cl)ccc1C(=O)N1CCCC(C(C)O)C1. The fraction of sp³-hybridized carbons (Fsp3) is 0.562. The number of aliphatic hydroxyl groups is 1. The van der Waals surface area contributed by atoms with Crippen LogP contribution in [0.2, 0.25) is 5.02 Å². The van der Waals surface area contributed by atoms with E-state index in [1.54, 1.807) is 30.0 Å². The molecule has 116 valence electrons. The summed E-state index contributed by atoms with van der Waals surface area (Å²) in [5.41, 5.74) is 0.535. The van der Waals surface area contributed by atoms with E-state index in [1.165, 1.54) is 0 Å². The zero-order chi connectivity index (χ0) is 15.4. The topological polar surface area (TPSA) is 49.8 Å². The molecule has 0 aliphatic carbocycles. The van der Waals surface area contributed by atoms with Gasteiger partial charge in [0.25, 0.3) is 5.91 Å². The molecule has 1 aliphatic rings. The zero-order valence-electron chi connectivity index (χ0n) is 12.5. The summed E-state index contributed by atoms with van der Waals surface area (Å²) in [5.74, 6) is 0.611. The Labute approximate surface area is 130 Å². The lowest BCUT2D eigenvalue weighted by Crippen LogP contribution is -2.43. The molecule has 1 aliphatic heterocycles. The second-order valence-corrected chi connectivity index (χ2v) is 5.90. The maximum absolute atomic E-state index is 12.7. The summed E-state index contributed by atoms with van der Waals surface area (Å²) in [6, 6.07) is 5.09. The lowest BCUT2D eigenvalue weighted by Gasteiger charge is -2.34. The number of halogens is 1. The third kappa shape index (κ3) is 3.89. The number of amides is 1. The smallest absolute Gasteiger partial charge is 0.257 e. The average Bonchev–Trinajstić information content (AvgIpc) is 2.47. The Morgan fingerprint density at radius 2 is 2.33 bits per heavy atom. The quantitative estimate of drug-likeness (QED) is 0.930. The molecule has 2 rings (SSSR count). The molecule has 1 aromatic carbocycles. The third-order valence-electron chi connectivity index (χ3n) is 3.90. The van der Waals surface area contributed by atoms with Crippen LogP contribution >= 0.6 is 11.6 Å². The van der Waals surface area contributed by atoms with Gasteiger partial charge in [0.1, 0.15) is 5.75 Å². The molecule has 1 N–H and O–H groups in total. The van der Waals surface area contributed by atoms with Gasteiger partial charge in [0.05, 0.1) is 18.3 Å². The minimum atomic E-state index is -0.391. The molecule has 21 heavy (non-hydrogen) atoms. The summed E-state index contributed by atoms with van der Waals surface area (Å²) < 4.78 is 5.52. The van der Waals surface area contributed by atoms with Gasteiger partial charge in [-0.2, -0.15) is 0 Å². The number of likely N-dealkylation sites (tertiary alicyclic amines) is 1. The highest BCUT2D eigenvalue weighted by atomic mass is 35.5. The van der Waals surface area contributed by atoms with E-state index in [9.17, 15) is 9.90 Å². The number of ether oxygens (including phenoxy) is 1. The van der Waals surface area contributed by atoms with Crippen LogP contribution in [0.25, 0.3) is 0 Å². The largest absolute Gasteiger partial charge is 0.493 e. The van der Waals surface area contributed by atoms with Gasteiger partial charge in [0.15, 0.2) is 0 Å². The van der Waals surface area contributed by atoms with E-state index in [-0.39, 0.29) is 11.8 Å². The highest BCUT2D eigenvalue weighted by Crippen LogP contribution is 2.27. The Balaban J connectivity index is 2.19. The van der Waals surface area contributed by atoms with Crippen LogP contribution in [0, 0.1) is 5.92 Å². The van der Waals surface area contributed by atoms with Crippen LogP contribution in [-0.2, 0) is 0 Å². The molecule has 0 aromatic heterocycles. The molecule has 1 saturated heterocycles. The van der Waals surface area contributed by atoms with Crippen molar-refractivity contribution < 1.29 is 14.6 Å². The van der Waals surface area contributed by atoms with Crippen molar-refractivity contribution in [3.63, 3.8) is 0 Å². The van der Waals surface area contributed by atoms with Gasteiger partial charge in [0.2, 0.25) is 0 Å². The Kier molecular flexibility index (Phi) is 5.48. The molecule has 5 heteroatoms. The fourth-order valence-corrected chi connectivity index (χ4v) is 2.87. The number of benzene rings is 1. The van der Waals surface area contributed by atoms with Gasteiger partial charge in [0, 0.05) is 24.0 Å². The third-order valence-corrected chi connectivity index (χ3v) is 4.14. The number of nitrogens with zero attached hydrogens (tertiary/aromatic N) is 1. The van der Waals surface area contributed by atoms with Crippen molar-refractivity contribution in [2.45, 2.75) is 32.8 Å². The summed E-state index contributed by atoms with van der Waals surface area (Å²) in [6.45, 7) is 5.45. The van der Waals surface area contributed by atoms with Crippen LogP contribution in [0.5, 0.6) is 5.75 Å². The highest BCUT2D eigenvalue weighted by Gasteiger charge is 2.28. The molecule has 0 radical (unpaired) electrons. The summed E-state index contributed by atoms with van der Waals surface area (Å²) in [6.07, 6.45) is 1.48. The van der Waals surface area contributed by atoms with Gasteiger partial charge in [-0.15, -0.1) is 0 Å². The lowest BCUT2D eigenvalue weighted by molar-refractivity contribution is 0.0463. The summed E-state index contributed by atoms with van der Waals surface area (Å²) >= 11 is 5.97. The Bertz CT molecular complexity index is 504. The molecule has 1 amide bonds. The first-order valence-corrected chi connectivity index (χ1v) is 7.80. The molecule has 0 bridgehead atoms. The van der Waals surface area contributed by atoms with E-state index >= 15 is 0 Å².